The molecular weight excluding hydrogens is 306 g/mol. The fourth-order valence-electron chi connectivity index (χ4n) is 3.12. The van der Waals surface area contributed by atoms with Crippen LogP contribution in [0.5, 0.6) is 0 Å². The van der Waals surface area contributed by atoms with Gasteiger partial charge >= 0.3 is 5.97 Å². The Hall–Kier alpha value is -2.21. The molecule has 1 aromatic heterocycles. The van der Waals surface area contributed by atoms with Crippen LogP contribution < -0.4 is 0 Å². The third-order valence-corrected chi connectivity index (χ3v) is 4.62. The summed E-state index contributed by atoms with van der Waals surface area (Å²) in [4.78, 5) is 18.9. The van der Waals surface area contributed by atoms with Gasteiger partial charge < -0.3 is 9.26 Å². The van der Waals surface area contributed by atoms with Gasteiger partial charge in [0.15, 0.2) is 5.82 Å². The summed E-state index contributed by atoms with van der Waals surface area (Å²) in [5.41, 5.74) is 1.00. The number of ether oxygens (including phenoxy) is 1. The van der Waals surface area contributed by atoms with Gasteiger partial charge in [-0.15, -0.1) is 0 Å². The van der Waals surface area contributed by atoms with Gasteiger partial charge in [0.05, 0.1) is 6.54 Å². The van der Waals surface area contributed by atoms with Crippen LogP contribution in [-0.2, 0) is 22.7 Å². The molecule has 0 amide bonds. The van der Waals surface area contributed by atoms with E-state index in [9.17, 15) is 4.79 Å². The quantitative estimate of drug-likeness (QED) is 0.760. The highest BCUT2D eigenvalue weighted by Gasteiger charge is 2.34. The maximum atomic E-state index is 12.4. The third kappa shape index (κ3) is 3.48. The number of carbonyl (C=O) groups is 1. The molecule has 1 aromatic carbocycles. The van der Waals surface area contributed by atoms with Crippen molar-refractivity contribution in [2.45, 2.75) is 50.8 Å². The summed E-state index contributed by atoms with van der Waals surface area (Å²) in [6.07, 6.45) is 4.10. The summed E-state index contributed by atoms with van der Waals surface area (Å²) in [5, 5.41) is 4.04. The minimum atomic E-state index is -0.218. The fourth-order valence-corrected chi connectivity index (χ4v) is 3.12. The maximum absolute atomic E-state index is 12.4. The van der Waals surface area contributed by atoms with Crippen molar-refractivity contribution in [3.63, 3.8) is 0 Å². The van der Waals surface area contributed by atoms with E-state index in [4.69, 9.17) is 9.26 Å². The second-order valence-corrected chi connectivity index (χ2v) is 6.54. The molecule has 0 N–H and O–H groups in total. The van der Waals surface area contributed by atoms with Crippen LogP contribution in [0.25, 0.3) is 0 Å². The molecule has 1 aliphatic carbocycles. The Balaban J connectivity index is 1.34. The molecule has 126 valence electrons. The lowest BCUT2D eigenvalue weighted by atomic mass is 10.2. The van der Waals surface area contributed by atoms with Crippen LogP contribution in [0, 0.1) is 0 Å². The molecule has 1 saturated carbocycles. The average molecular weight is 327 g/mol. The first-order chi connectivity index (χ1) is 11.8. The van der Waals surface area contributed by atoms with Gasteiger partial charge in [0.25, 0.3) is 0 Å². The Morgan fingerprint density at radius 1 is 1.25 bits per heavy atom. The number of carbonyl (C=O) groups excluding carboxylic acids is 1. The molecule has 24 heavy (non-hydrogen) atoms. The van der Waals surface area contributed by atoms with E-state index in [2.05, 4.69) is 15.0 Å². The topological polar surface area (TPSA) is 68.5 Å². The van der Waals surface area contributed by atoms with Gasteiger partial charge in [-0.3, -0.25) is 9.69 Å². The van der Waals surface area contributed by atoms with E-state index in [-0.39, 0.29) is 12.0 Å². The van der Waals surface area contributed by atoms with Gasteiger partial charge in [0, 0.05) is 5.92 Å². The molecular formula is C18H21N3O3. The minimum Gasteiger partial charge on any atom is -0.460 e. The molecule has 2 aromatic rings. The molecule has 1 atom stereocenters. The van der Waals surface area contributed by atoms with Crippen LogP contribution in [0.15, 0.2) is 34.9 Å². The van der Waals surface area contributed by atoms with Gasteiger partial charge in [-0.25, -0.2) is 0 Å². The number of nitrogens with zero attached hydrogens (tertiary/aromatic N) is 3. The van der Waals surface area contributed by atoms with Gasteiger partial charge in [-0.05, 0) is 37.8 Å². The molecule has 1 unspecified atom stereocenters. The first-order valence-corrected chi connectivity index (χ1v) is 8.56. The second kappa shape index (κ2) is 6.73. The highest BCUT2D eigenvalue weighted by atomic mass is 16.5. The SMILES string of the molecule is O=C(OCc1ccccc1)C1CCCN1Cc1nc(C2CC2)no1. The van der Waals surface area contributed by atoms with Gasteiger partial charge in [0.1, 0.15) is 12.6 Å². The van der Waals surface area contributed by atoms with Crippen molar-refractivity contribution in [2.75, 3.05) is 6.54 Å². The molecule has 6 heteroatoms. The van der Waals surface area contributed by atoms with Crippen molar-refractivity contribution in [1.29, 1.82) is 0 Å². The van der Waals surface area contributed by atoms with E-state index in [1.807, 2.05) is 30.3 Å². The molecule has 0 spiro atoms. The van der Waals surface area contributed by atoms with Crippen molar-refractivity contribution in [3.05, 3.63) is 47.6 Å². The molecule has 2 heterocycles. The van der Waals surface area contributed by atoms with Crippen LogP contribution in [0.1, 0.15) is 48.9 Å². The van der Waals surface area contributed by atoms with Crippen molar-refractivity contribution in [3.8, 4) is 0 Å². The van der Waals surface area contributed by atoms with Crippen molar-refractivity contribution in [1.82, 2.24) is 15.0 Å². The van der Waals surface area contributed by atoms with Gasteiger partial charge in [-0.2, -0.15) is 4.98 Å². The summed E-state index contributed by atoms with van der Waals surface area (Å²) in [5.74, 6) is 1.72. The summed E-state index contributed by atoms with van der Waals surface area (Å²) < 4.78 is 10.8. The summed E-state index contributed by atoms with van der Waals surface area (Å²) in [6.45, 7) is 1.69. The number of rotatable bonds is 6. The van der Waals surface area contributed by atoms with Gasteiger partial charge in [-0.1, -0.05) is 35.5 Å². The molecule has 1 saturated heterocycles. The van der Waals surface area contributed by atoms with Crippen LogP contribution in [0.2, 0.25) is 0 Å². The Labute approximate surface area is 140 Å². The Morgan fingerprint density at radius 2 is 2.08 bits per heavy atom. The monoisotopic (exact) mass is 327 g/mol. The van der Waals surface area contributed by atoms with E-state index >= 15 is 0 Å². The number of likely N-dealkylation sites (tertiary alicyclic amines) is 1. The summed E-state index contributed by atoms with van der Waals surface area (Å²) in [7, 11) is 0. The molecule has 6 nitrogen and oxygen atoms in total. The lowest BCUT2D eigenvalue weighted by Gasteiger charge is -2.21. The number of aromatic nitrogens is 2. The van der Waals surface area contributed by atoms with Crippen molar-refractivity contribution < 1.29 is 14.1 Å². The van der Waals surface area contributed by atoms with Gasteiger partial charge in [0.2, 0.25) is 5.89 Å². The van der Waals surface area contributed by atoms with Crippen LogP contribution in [0.4, 0.5) is 0 Å². The molecule has 0 radical (unpaired) electrons. The standard InChI is InChI=1S/C18H21N3O3/c22-18(23-12-13-5-2-1-3-6-13)15-7-4-10-21(15)11-16-19-17(20-24-16)14-8-9-14/h1-3,5-6,14-15H,4,7-12H2. The van der Waals surface area contributed by atoms with Crippen LogP contribution >= 0.6 is 0 Å². The largest absolute Gasteiger partial charge is 0.460 e. The molecule has 2 fully saturated rings. The number of hydrogen-bond donors (Lipinski definition) is 0. The van der Waals surface area contributed by atoms with Crippen molar-refractivity contribution >= 4 is 5.97 Å². The van der Waals surface area contributed by atoms with E-state index in [0.717, 1.165) is 43.6 Å². The van der Waals surface area contributed by atoms with E-state index in [1.165, 1.54) is 0 Å². The maximum Gasteiger partial charge on any atom is 0.323 e. The van der Waals surface area contributed by atoms with Crippen molar-refractivity contribution in [2.24, 2.45) is 0 Å². The fraction of sp³-hybridized carbons (Fsp3) is 0.500. The zero-order valence-electron chi connectivity index (χ0n) is 13.6. The minimum absolute atomic E-state index is 0.168. The molecule has 0 bridgehead atoms. The van der Waals surface area contributed by atoms with E-state index in [0.29, 0.717) is 25.0 Å². The van der Waals surface area contributed by atoms with E-state index < -0.39 is 0 Å². The molecule has 2 aliphatic rings. The number of benzene rings is 1. The highest BCUT2D eigenvalue weighted by Crippen LogP contribution is 2.38. The van der Waals surface area contributed by atoms with Crippen LogP contribution in [0.3, 0.4) is 0 Å². The van der Waals surface area contributed by atoms with E-state index in [1.54, 1.807) is 0 Å². The smallest absolute Gasteiger partial charge is 0.323 e. The zero-order valence-corrected chi connectivity index (χ0v) is 13.6. The Kier molecular flexibility index (Phi) is 4.30. The predicted molar refractivity (Wildman–Crippen MR) is 85.9 cm³/mol. The normalized spacial score (nSPS) is 21.1. The first-order valence-electron chi connectivity index (χ1n) is 8.56. The lowest BCUT2D eigenvalue weighted by Crippen LogP contribution is -2.36. The Bertz CT molecular complexity index is 697. The lowest BCUT2D eigenvalue weighted by molar-refractivity contribution is -0.150. The Morgan fingerprint density at radius 3 is 2.88 bits per heavy atom. The highest BCUT2D eigenvalue weighted by molar-refractivity contribution is 5.76. The molecule has 4 rings (SSSR count). The first kappa shape index (κ1) is 15.3. The number of esters is 1. The average Bonchev–Trinajstić information content (AvgIpc) is 3.18. The number of hydrogen-bond acceptors (Lipinski definition) is 6. The second-order valence-electron chi connectivity index (χ2n) is 6.54. The third-order valence-electron chi connectivity index (χ3n) is 4.62. The summed E-state index contributed by atoms with van der Waals surface area (Å²) >= 11 is 0. The summed E-state index contributed by atoms with van der Waals surface area (Å²) in [6, 6.07) is 9.53. The molecule has 1 aliphatic heterocycles. The predicted octanol–water partition coefficient (Wildman–Crippen LogP) is 2.65. The zero-order chi connectivity index (χ0) is 16.4. The van der Waals surface area contributed by atoms with Crippen LogP contribution in [-0.4, -0.2) is 33.6 Å².